The van der Waals surface area contributed by atoms with Crippen molar-refractivity contribution < 1.29 is 13.2 Å². The van der Waals surface area contributed by atoms with E-state index in [-0.39, 0.29) is 23.4 Å². The van der Waals surface area contributed by atoms with Crippen molar-refractivity contribution >= 4 is 31.8 Å². The number of nitrogens with zero attached hydrogens (tertiary/aromatic N) is 1. The van der Waals surface area contributed by atoms with Crippen LogP contribution < -0.4 is 16.0 Å². The number of ether oxygens (including phenoxy) is 1. The number of hydrogen-bond donors (Lipinski definition) is 3. The SMILES string of the molecule is COCC(C)NS(=O)(=O)c1cc(Br)cnc1NN. The average Bonchev–Trinajstić information content (AvgIpc) is 2.28. The lowest BCUT2D eigenvalue weighted by atomic mass is 10.4. The molecule has 0 saturated carbocycles. The molecule has 1 aromatic heterocycles. The Morgan fingerprint density at radius 2 is 2.28 bits per heavy atom. The van der Waals surface area contributed by atoms with Crippen LogP contribution in [0.15, 0.2) is 21.6 Å². The molecule has 0 amide bonds. The fourth-order valence-corrected chi connectivity index (χ4v) is 3.20. The Labute approximate surface area is 114 Å². The predicted octanol–water partition coefficient (Wildman–Crippen LogP) is 0.443. The molecule has 0 aliphatic heterocycles. The number of nitrogens with one attached hydrogen (secondary N) is 2. The number of pyridine rings is 1. The number of sulfonamides is 1. The minimum absolute atomic E-state index is 0.0256. The molecule has 1 atom stereocenters. The summed E-state index contributed by atoms with van der Waals surface area (Å²) in [6.45, 7) is 1.97. The normalized spacial score (nSPS) is 13.3. The highest BCUT2D eigenvalue weighted by molar-refractivity contribution is 9.10. The molecule has 1 aromatic rings. The van der Waals surface area contributed by atoms with Crippen LogP contribution >= 0.6 is 15.9 Å². The highest BCUT2D eigenvalue weighted by atomic mass is 79.9. The van der Waals surface area contributed by atoms with E-state index in [2.05, 4.69) is 31.1 Å². The van der Waals surface area contributed by atoms with Gasteiger partial charge in [0, 0.05) is 23.8 Å². The molecule has 102 valence electrons. The monoisotopic (exact) mass is 338 g/mol. The highest BCUT2D eigenvalue weighted by Gasteiger charge is 2.22. The number of halogens is 1. The maximum atomic E-state index is 12.1. The molecule has 0 bridgehead atoms. The standard InChI is InChI=1S/C9H15BrN4O3S/c1-6(5-17-2)14-18(15,16)8-3-7(10)4-12-9(8)13-11/h3-4,6,14H,5,11H2,1-2H3,(H,12,13). The molecule has 0 fully saturated rings. The molecule has 0 aliphatic rings. The summed E-state index contributed by atoms with van der Waals surface area (Å²) in [6, 6.07) is 1.06. The van der Waals surface area contributed by atoms with E-state index in [1.54, 1.807) is 6.92 Å². The number of aromatic nitrogens is 1. The second-order valence-corrected chi connectivity index (χ2v) is 6.22. The van der Waals surface area contributed by atoms with Gasteiger partial charge in [-0.2, -0.15) is 0 Å². The van der Waals surface area contributed by atoms with Crippen LogP contribution in [0.4, 0.5) is 5.82 Å². The number of nitrogens with two attached hydrogens (primary N) is 1. The van der Waals surface area contributed by atoms with E-state index >= 15 is 0 Å². The van der Waals surface area contributed by atoms with Gasteiger partial charge in [-0.25, -0.2) is 24.0 Å². The van der Waals surface area contributed by atoms with Crippen molar-refractivity contribution in [3.63, 3.8) is 0 Å². The summed E-state index contributed by atoms with van der Waals surface area (Å²) >= 11 is 3.17. The Bertz CT molecular complexity index is 509. The zero-order chi connectivity index (χ0) is 13.8. The van der Waals surface area contributed by atoms with Crippen LogP contribution in [0.2, 0.25) is 0 Å². The van der Waals surface area contributed by atoms with Crippen LogP contribution in [0, 0.1) is 0 Å². The quantitative estimate of drug-likeness (QED) is 0.513. The van der Waals surface area contributed by atoms with Crippen LogP contribution in [0.1, 0.15) is 6.92 Å². The lowest BCUT2D eigenvalue weighted by molar-refractivity contribution is 0.180. The Kier molecular flexibility index (Phi) is 5.47. The van der Waals surface area contributed by atoms with Gasteiger partial charge in [-0.15, -0.1) is 0 Å². The topological polar surface area (TPSA) is 106 Å². The molecule has 1 rings (SSSR count). The van der Waals surface area contributed by atoms with Crippen molar-refractivity contribution in [2.75, 3.05) is 19.1 Å². The third kappa shape index (κ3) is 3.89. The average molecular weight is 339 g/mol. The third-order valence-electron chi connectivity index (χ3n) is 2.02. The molecular weight excluding hydrogens is 324 g/mol. The molecule has 1 heterocycles. The molecule has 1 unspecified atom stereocenters. The minimum atomic E-state index is -3.71. The van der Waals surface area contributed by atoms with Gasteiger partial charge in [0.05, 0.1) is 6.61 Å². The highest BCUT2D eigenvalue weighted by Crippen LogP contribution is 2.22. The van der Waals surface area contributed by atoms with Crippen LogP contribution in [-0.2, 0) is 14.8 Å². The molecule has 7 nitrogen and oxygen atoms in total. The molecule has 0 radical (unpaired) electrons. The molecule has 0 aliphatic carbocycles. The van der Waals surface area contributed by atoms with Crippen molar-refractivity contribution in [3.05, 3.63) is 16.7 Å². The summed E-state index contributed by atoms with van der Waals surface area (Å²) in [5.74, 6) is 5.32. The van der Waals surface area contributed by atoms with Gasteiger partial charge in [-0.3, -0.25) is 0 Å². The predicted molar refractivity (Wildman–Crippen MR) is 71.4 cm³/mol. The molecule has 0 spiro atoms. The largest absolute Gasteiger partial charge is 0.383 e. The van der Waals surface area contributed by atoms with Crippen molar-refractivity contribution in [2.24, 2.45) is 5.84 Å². The second-order valence-electron chi connectivity index (χ2n) is 3.62. The van der Waals surface area contributed by atoms with E-state index in [4.69, 9.17) is 10.6 Å². The van der Waals surface area contributed by atoms with Gasteiger partial charge in [-0.1, -0.05) is 0 Å². The van der Waals surface area contributed by atoms with Crippen molar-refractivity contribution in [3.8, 4) is 0 Å². The first-order valence-electron chi connectivity index (χ1n) is 5.04. The lowest BCUT2D eigenvalue weighted by Gasteiger charge is -2.15. The summed E-state index contributed by atoms with van der Waals surface area (Å²) in [5.41, 5.74) is 2.25. The van der Waals surface area contributed by atoms with Gasteiger partial charge in [0.15, 0.2) is 5.82 Å². The minimum Gasteiger partial charge on any atom is -0.383 e. The fourth-order valence-electron chi connectivity index (χ4n) is 1.35. The van der Waals surface area contributed by atoms with Crippen molar-refractivity contribution in [1.82, 2.24) is 9.71 Å². The molecular formula is C9H15BrN4O3S. The lowest BCUT2D eigenvalue weighted by Crippen LogP contribution is -2.36. The first kappa shape index (κ1) is 15.3. The van der Waals surface area contributed by atoms with Crippen molar-refractivity contribution in [2.45, 2.75) is 17.9 Å². The van der Waals surface area contributed by atoms with Crippen LogP contribution in [0.5, 0.6) is 0 Å². The van der Waals surface area contributed by atoms with E-state index in [0.717, 1.165) is 0 Å². The number of anilines is 1. The van der Waals surface area contributed by atoms with Gasteiger partial charge in [0.25, 0.3) is 0 Å². The van der Waals surface area contributed by atoms with Crippen LogP contribution in [-0.4, -0.2) is 33.2 Å². The smallest absolute Gasteiger partial charge is 0.244 e. The Morgan fingerprint density at radius 1 is 1.61 bits per heavy atom. The first-order chi connectivity index (χ1) is 8.40. The maximum Gasteiger partial charge on any atom is 0.244 e. The fraction of sp³-hybridized carbons (Fsp3) is 0.444. The molecule has 18 heavy (non-hydrogen) atoms. The number of rotatable bonds is 6. The first-order valence-corrected chi connectivity index (χ1v) is 7.31. The number of nitrogen functional groups attached to an aromatic ring is 1. The summed E-state index contributed by atoms with van der Waals surface area (Å²) in [6.07, 6.45) is 1.45. The molecule has 0 saturated heterocycles. The van der Waals surface area contributed by atoms with E-state index in [0.29, 0.717) is 4.47 Å². The van der Waals surface area contributed by atoms with E-state index in [1.165, 1.54) is 19.4 Å². The van der Waals surface area contributed by atoms with E-state index in [1.807, 2.05) is 0 Å². The van der Waals surface area contributed by atoms with Gasteiger partial charge in [0.2, 0.25) is 10.0 Å². The van der Waals surface area contributed by atoms with Crippen LogP contribution in [0.3, 0.4) is 0 Å². The Balaban J connectivity index is 3.07. The number of hydrogen-bond acceptors (Lipinski definition) is 6. The Hall–Kier alpha value is -0.740. The zero-order valence-electron chi connectivity index (χ0n) is 9.97. The van der Waals surface area contributed by atoms with Gasteiger partial charge in [0.1, 0.15) is 4.90 Å². The summed E-state index contributed by atoms with van der Waals surface area (Å²) < 4.78 is 32.1. The summed E-state index contributed by atoms with van der Waals surface area (Å²) in [4.78, 5) is 3.86. The van der Waals surface area contributed by atoms with E-state index < -0.39 is 10.0 Å². The molecule has 9 heteroatoms. The number of hydrazine groups is 1. The van der Waals surface area contributed by atoms with E-state index in [9.17, 15) is 8.42 Å². The molecule has 4 N–H and O–H groups in total. The zero-order valence-corrected chi connectivity index (χ0v) is 12.4. The number of methoxy groups -OCH3 is 1. The third-order valence-corrected chi connectivity index (χ3v) is 4.06. The van der Waals surface area contributed by atoms with Crippen LogP contribution in [0.25, 0.3) is 0 Å². The van der Waals surface area contributed by atoms with Crippen molar-refractivity contribution in [1.29, 1.82) is 0 Å². The molecule has 0 aromatic carbocycles. The maximum absolute atomic E-state index is 12.1. The van der Waals surface area contributed by atoms with Gasteiger partial charge >= 0.3 is 0 Å². The van der Waals surface area contributed by atoms with Gasteiger partial charge < -0.3 is 10.2 Å². The van der Waals surface area contributed by atoms with Gasteiger partial charge in [-0.05, 0) is 28.9 Å². The summed E-state index contributed by atoms with van der Waals surface area (Å²) in [5, 5.41) is 0. The summed E-state index contributed by atoms with van der Waals surface area (Å²) in [7, 11) is -2.21. The Morgan fingerprint density at radius 3 is 2.83 bits per heavy atom. The second kappa shape index (κ2) is 6.43.